The molecule has 6 heteroatoms. The van der Waals surface area contributed by atoms with Crippen molar-refractivity contribution in [3.63, 3.8) is 0 Å². The maximum atomic E-state index is 12.2. The Hall–Kier alpha value is -2.04. The van der Waals surface area contributed by atoms with Crippen LogP contribution in [0.25, 0.3) is 0 Å². The van der Waals surface area contributed by atoms with Crippen molar-refractivity contribution in [1.29, 1.82) is 0 Å². The number of amides is 2. The molecule has 2 aromatic carbocycles. The Balaban J connectivity index is 2.12. The number of anilines is 2. The van der Waals surface area contributed by atoms with Crippen molar-refractivity contribution in [2.24, 2.45) is 0 Å². The summed E-state index contributed by atoms with van der Waals surface area (Å²) in [5.41, 5.74) is 1.07. The van der Waals surface area contributed by atoms with Gasteiger partial charge in [-0.2, -0.15) is 0 Å². The van der Waals surface area contributed by atoms with Crippen LogP contribution in [0.2, 0.25) is 10.0 Å². The average Bonchev–Trinajstić information content (AvgIpc) is 2.49. The largest absolute Gasteiger partial charge is 0.323 e. The summed E-state index contributed by atoms with van der Waals surface area (Å²) < 4.78 is 0. The first-order valence-corrected chi connectivity index (χ1v) is 7.31. The second-order valence-corrected chi connectivity index (χ2v) is 5.46. The molecule has 0 heterocycles. The van der Waals surface area contributed by atoms with Gasteiger partial charge in [-0.25, -0.2) is 0 Å². The van der Waals surface area contributed by atoms with Gasteiger partial charge >= 0.3 is 0 Å². The van der Waals surface area contributed by atoms with Crippen molar-refractivity contribution in [2.75, 3.05) is 16.8 Å². The van der Waals surface area contributed by atoms with Crippen molar-refractivity contribution in [3.05, 3.63) is 58.6 Å². The third-order valence-corrected chi connectivity index (χ3v) is 3.52. The second kappa shape index (κ2) is 7.29. The third kappa shape index (κ3) is 4.23. The van der Waals surface area contributed by atoms with Gasteiger partial charge in [-0.05, 0) is 30.3 Å². The summed E-state index contributed by atoms with van der Waals surface area (Å²) in [6.07, 6.45) is 0. The monoisotopic (exact) mass is 336 g/mol. The molecule has 0 aliphatic rings. The molecule has 0 saturated carbocycles. The zero-order valence-electron chi connectivity index (χ0n) is 11.8. The van der Waals surface area contributed by atoms with Crippen LogP contribution in [-0.2, 0) is 9.59 Å². The molecule has 4 nitrogen and oxygen atoms in total. The minimum Gasteiger partial charge on any atom is -0.323 e. The first-order valence-electron chi connectivity index (χ1n) is 6.55. The molecule has 0 atom stereocenters. The maximum absolute atomic E-state index is 12.2. The van der Waals surface area contributed by atoms with Gasteiger partial charge in [-0.3, -0.25) is 9.59 Å². The number of nitrogens with zero attached hydrogens (tertiary/aromatic N) is 1. The highest BCUT2D eigenvalue weighted by Crippen LogP contribution is 2.25. The zero-order valence-corrected chi connectivity index (χ0v) is 13.4. The molecular formula is C16H14Cl2N2O2. The Bertz CT molecular complexity index is 690. The zero-order chi connectivity index (χ0) is 16.1. The number of benzene rings is 2. The van der Waals surface area contributed by atoms with Gasteiger partial charge in [-0.15, -0.1) is 0 Å². The predicted molar refractivity (Wildman–Crippen MR) is 89.6 cm³/mol. The molecule has 0 aliphatic carbocycles. The first kappa shape index (κ1) is 16.3. The van der Waals surface area contributed by atoms with Crippen molar-refractivity contribution >= 4 is 46.4 Å². The van der Waals surface area contributed by atoms with E-state index >= 15 is 0 Å². The molecule has 2 aromatic rings. The Labute approximate surface area is 138 Å². The molecule has 0 saturated heterocycles. The lowest BCUT2D eigenvalue weighted by Gasteiger charge is -2.20. The van der Waals surface area contributed by atoms with E-state index in [1.54, 1.807) is 42.5 Å². The smallest absolute Gasteiger partial charge is 0.244 e. The van der Waals surface area contributed by atoms with Gasteiger partial charge in [0.1, 0.15) is 6.54 Å². The van der Waals surface area contributed by atoms with E-state index in [-0.39, 0.29) is 18.4 Å². The van der Waals surface area contributed by atoms with Gasteiger partial charge in [0.05, 0.1) is 10.7 Å². The molecule has 0 radical (unpaired) electrons. The van der Waals surface area contributed by atoms with Crippen molar-refractivity contribution in [2.45, 2.75) is 6.92 Å². The summed E-state index contributed by atoms with van der Waals surface area (Å²) in [6.45, 7) is 1.30. The summed E-state index contributed by atoms with van der Waals surface area (Å²) in [5.74, 6) is -0.582. The molecule has 2 amide bonds. The summed E-state index contributed by atoms with van der Waals surface area (Å²) >= 11 is 11.9. The van der Waals surface area contributed by atoms with Crippen LogP contribution in [0.1, 0.15) is 6.92 Å². The Morgan fingerprint density at radius 1 is 1.09 bits per heavy atom. The van der Waals surface area contributed by atoms with Crippen LogP contribution in [0.5, 0.6) is 0 Å². The summed E-state index contributed by atoms with van der Waals surface area (Å²) in [5, 5.41) is 3.50. The molecule has 0 aliphatic heterocycles. The molecule has 22 heavy (non-hydrogen) atoms. The van der Waals surface area contributed by atoms with Crippen LogP contribution in [0, 0.1) is 0 Å². The number of carbonyl (C=O) groups is 2. The molecular weight excluding hydrogens is 323 g/mol. The van der Waals surface area contributed by atoms with Gasteiger partial charge in [0.25, 0.3) is 0 Å². The fraction of sp³-hybridized carbons (Fsp3) is 0.125. The lowest BCUT2D eigenvalue weighted by atomic mass is 10.2. The molecule has 0 unspecified atom stereocenters. The molecule has 1 N–H and O–H groups in total. The van der Waals surface area contributed by atoms with Crippen molar-refractivity contribution in [1.82, 2.24) is 0 Å². The van der Waals surface area contributed by atoms with Gasteiger partial charge in [0.2, 0.25) is 11.8 Å². The Morgan fingerprint density at radius 3 is 2.41 bits per heavy atom. The van der Waals surface area contributed by atoms with Crippen LogP contribution in [0.15, 0.2) is 48.5 Å². The van der Waals surface area contributed by atoms with Crippen LogP contribution in [0.3, 0.4) is 0 Å². The Kier molecular flexibility index (Phi) is 5.41. The number of hydrogen-bond acceptors (Lipinski definition) is 2. The number of carbonyl (C=O) groups excluding carboxylic acids is 2. The summed E-state index contributed by atoms with van der Waals surface area (Å²) in [6, 6.07) is 13.8. The van der Waals surface area contributed by atoms with Crippen LogP contribution in [0.4, 0.5) is 11.4 Å². The predicted octanol–water partition coefficient (Wildman–Crippen LogP) is 3.99. The number of hydrogen-bond donors (Lipinski definition) is 1. The minimum absolute atomic E-state index is 0.109. The quantitative estimate of drug-likeness (QED) is 0.917. The van der Waals surface area contributed by atoms with Gasteiger partial charge < -0.3 is 10.2 Å². The van der Waals surface area contributed by atoms with E-state index in [1.807, 2.05) is 6.07 Å². The Morgan fingerprint density at radius 2 is 1.77 bits per heavy atom. The van der Waals surface area contributed by atoms with E-state index in [0.29, 0.717) is 21.4 Å². The number of halogens is 2. The van der Waals surface area contributed by atoms with Gasteiger partial charge in [-0.1, -0.05) is 41.4 Å². The highest BCUT2D eigenvalue weighted by Gasteiger charge is 2.16. The fourth-order valence-electron chi connectivity index (χ4n) is 1.92. The van der Waals surface area contributed by atoms with E-state index in [1.165, 1.54) is 11.8 Å². The molecule has 0 bridgehead atoms. The van der Waals surface area contributed by atoms with E-state index in [9.17, 15) is 9.59 Å². The van der Waals surface area contributed by atoms with E-state index in [0.717, 1.165) is 0 Å². The standard InChI is InChI=1S/C16H14Cl2N2O2/c1-11(21)20(13-5-3-2-4-6-13)10-16(22)19-15-9-12(17)7-8-14(15)18/h2-9H,10H2,1H3,(H,19,22). The van der Waals surface area contributed by atoms with Crippen molar-refractivity contribution < 1.29 is 9.59 Å². The molecule has 0 aromatic heterocycles. The van der Waals surface area contributed by atoms with Crippen LogP contribution in [-0.4, -0.2) is 18.4 Å². The van der Waals surface area contributed by atoms with Gasteiger partial charge in [0, 0.05) is 17.6 Å². The van der Waals surface area contributed by atoms with Crippen LogP contribution < -0.4 is 10.2 Å². The van der Waals surface area contributed by atoms with Gasteiger partial charge in [0.15, 0.2) is 0 Å². The molecule has 0 spiro atoms. The van der Waals surface area contributed by atoms with Crippen molar-refractivity contribution in [3.8, 4) is 0 Å². The number of nitrogens with one attached hydrogen (secondary N) is 1. The number of rotatable bonds is 4. The lowest BCUT2D eigenvalue weighted by molar-refractivity contribution is -0.120. The third-order valence-electron chi connectivity index (χ3n) is 2.95. The summed E-state index contributed by atoms with van der Waals surface area (Å²) in [7, 11) is 0. The topological polar surface area (TPSA) is 49.4 Å². The lowest BCUT2D eigenvalue weighted by Crippen LogP contribution is -2.36. The second-order valence-electron chi connectivity index (χ2n) is 4.61. The molecule has 2 rings (SSSR count). The summed E-state index contributed by atoms with van der Waals surface area (Å²) in [4.78, 5) is 25.3. The minimum atomic E-state index is -0.358. The normalized spacial score (nSPS) is 10.1. The average molecular weight is 337 g/mol. The first-order chi connectivity index (χ1) is 10.5. The highest BCUT2D eigenvalue weighted by molar-refractivity contribution is 6.35. The SMILES string of the molecule is CC(=O)N(CC(=O)Nc1cc(Cl)ccc1Cl)c1ccccc1. The highest BCUT2D eigenvalue weighted by atomic mass is 35.5. The van der Waals surface area contributed by atoms with E-state index in [4.69, 9.17) is 23.2 Å². The van der Waals surface area contributed by atoms with Crippen LogP contribution >= 0.6 is 23.2 Å². The van der Waals surface area contributed by atoms with E-state index in [2.05, 4.69) is 5.32 Å². The van der Waals surface area contributed by atoms with E-state index < -0.39 is 0 Å². The maximum Gasteiger partial charge on any atom is 0.244 e. The molecule has 114 valence electrons. The number of para-hydroxylation sites is 1. The molecule has 0 fully saturated rings. The fourth-order valence-corrected chi connectivity index (χ4v) is 2.26.